The number of nitrogens with one attached hydrogen (secondary N) is 1. The maximum atomic E-state index is 13.2. The van der Waals surface area contributed by atoms with Crippen molar-refractivity contribution in [1.29, 1.82) is 0 Å². The van der Waals surface area contributed by atoms with Crippen molar-refractivity contribution < 1.29 is 4.39 Å². The van der Waals surface area contributed by atoms with Crippen LogP contribution in [0.3, 0.4) is 0 Å². The van der Waals surface area contributed by atoms with Gasteiger partial charge in [-0.05, 0) is 51.2 Å². The molecule has 0 saturated carbocycles. The van der Waals surface area contributed by atoms with Gasteiger partial charge in [0.05, 0.1) is 11.0 Å². The van der Waals surface area contributed by atoms with E-state index in [1.165, 1.54) is 12.1 Å². The molecule has 0 fully saturated rings. The summed E-state index contributed by atoms with van der Waals surface area (Å²) in [6.07, 6.45) is 0. The summed E-state index contributed by atoms with van der Waals surface area (Å²) in [6, 6.07) is 4.65. The van der Waals surface area contributed by atoms with Gasteiger partial charge in [0, 0.05) is 5.54 Å². The van der Waals surface area contributed by atoms with Crippen molar-refractivity contribution in [3.63, 3.8) is 0 Å². The standard InChI is InChI=1S/C11H13FN2S/c1-11(2,3)14-9-6-7(12)4-5-8(9)13-10(14)15/h4-6H,1-3H3,(H,13,15). The summed E-state index contributed by atoms with van der Waals surface area (Å²) in [4.78, 5) is 3.07. The first-order valence-corrected chi connectivity index (χ1v) is 5.21. The largest absolute Gasteiger partial charge is 0.331 e. The minimum atomic E-state index is -0.241. The normalized spacial score (nSPS) is 12.3. The van der Waals surface area contributed by atoms with Gasteiger partial charge in [0.25, 0.3) is 0 Å². The number of rotatable bonds is 0. The summed E-state index contributed by atoms with van der Waals surface area (Å²) in [5, 5.41) is 0. The van der Waals surface area contributed by atoms with E-state index >= 15 is 0 Å². The van der Waals surface area contributed by atoms with Crippen molar-refractivity contribution in [2.24, 2.45) is 0 Å². The molecule has 1 aromatic heterocycles. The molecule has 0 amide bonds. The molecule has 0 bridgehead atoms. The van der Waals surface area contributed by atoms with Gasteiger partial charge in [-0.15, -0.1) is 0 Å². The van der Waals surface area contributed by atoms with E-state index in [1.807, 2.05) is 25.3 Å². The van der Waals surface area contributed by atoms with Gasteiger partial charge in [-0.25, -0.2) is 4.39 Å². The van der Waals surface area contributed by atoms with Crippen LogP contribution in [-0.4, -0.2) is 9.55 Å². The Kier molecular flexibility index (Phi) is 2.19. The first kappa shape index (κ1) is 10.4. The zero-order chi connectivity index (χ0) is 11.2. The van der Waals surface area contributed by atoms with Gasteiger partial charge in [0.15, 0.2) is 4.77 Å². The zero-order valence-electron chi connectivity index (χ0n) is 8.97. The molecule has 2 aromatic rings. The van der Waals surface area contributed by atoms with Crippen LogP contribution < -0.4 is 0 Å². The van der Waals surface area contributed by atoms with Crippen molar-refractivity contribution in [3.05, 3.63) is 28.8 Å². The van der Waals surface area contributed by atoms with Gasteiger partial charge < -0.3 is 9.55 Å². The first-order chi connectivity index (χ1) is 6.89. The van der Waals surface area contributed by atoms with Crippen LogP contribution in [0, 0.1) is 10.6 Å². The third kappa shape index (κ3) is 1.69. The lowest BCUT2D eigenvalue weighted by Crippen LogP contribution is -2.21. The highest BCUT2D eigenvalue weighted by molar-refractivity contribution is 7.71. The molecule has 0 unspecified atom stereocenters. The lowest BCUT2D eigenvalue weighted by atomic mass is 10.1. The molecule has 2 rings (SSSR count). The second kappa shape index (κ2) is 3.17. The van der Waals surface area contributed by atoms with Crippen molar-refractivity contribution in [1.82, 2.24) is 9.55 Å². The highest BCUT2D eigenvalue weighted by Gasteiger charge is 2.17. The summed E-state index contributed by atoms with van der Waals surface area (Å²) >= 11 is 5.23. The Bertz CT molecular complexity index is 560. The molecule has 15 heavy (non-hydrogen) atoms. The molecule has 1 N–H and O–H groups in total. The molecule has 0 saturated heterocycles. The van der Waals surface area contributed by atoms with Gasteiger partial charge in [-0.1, -0.05) is 0 Å². The van der Waals surface area contributed by atoms with Crippen LogP contribution in [0.2, 0.25) is 0 Å². The minimum absolute atomic E-state index is 0.150. The second-order valence-electron chi connectivity index (χ2n) is 4.60. The molecule has 0 spiro atoms. The van der Waals surface area contributed by atoms with Crippen LogP contribution in [0.5, 0.6) is 0 Å². The van der Waals surface area contributed by atoms with E-state index in [2.05, 4.69) is 4.98 Å². The molecule has 0 aliphatic rings. The number of hydrogen-bond acceptors (Lipinski definition) is 1. The summed E-state index contributed by atoms with van der Waals surface area (Å²) in [7, 11) is 0. The van der Waals surface area contributed by atoms with Crippen molar-refractivity contribution in [2.45, 2.75) is 26.3 Å². The molecule has 80 valence electrons. The number of benzene rings is 1. The van der Waals surface area contributed by atoms with Gasteiger partial charge in [0.1, 0.15) is 5.82 Å². The van der Waals surface area contributed by atoms with E-state index in [-0.39, 0.29) is 11.4 Å². The fourth-order valence-electron chi connectivity index (χ4n) is 1.74. The fourth-order valence-corrected chi connectivity index (χ4v) is 2.22. The molecule has 1 heterocycles. The van der Waals surface area contributed by atoms with Crippen molar-refractivity contribution >= 4 is 23.3 Å². The SMILES string of the molecule is CC(C)(C)n1c(=S)[nH]c2ccc(F)cc21. The number of aromatic nitrogens is 2. The average Bonchev–Trinajstić information content (AvgIpc) is 2.38. The lowest BCUT2D eigenvalue weighted by molar-refractivity contribution is 0.403. The molecule has 2 nitrogen and oxygen atoms in total. The van der Waals surface area contributed by atoms with Crippen LogP contribution in [0.4, 0.5) is 4.39 Å². The smallest absolute Gasteiger partial charge is 0.178 e. The maximum absolute atomic E-state index is 13.2. The molecule has 0 radical (unpaired) electrons. The van der Waals surface area contributed by atoms with Crippen LogP contribution in [-0.2, 0) is 5.54 Å². The summed E-state index contributed by atoms with van der Waals surface area (Å²) in [5.74, 6) is -0.241. The molecule has 0 aliphatic heterocycles. The summed E-state index contributed by atoms with van der Waals surface area (Å²) < 4.78 is 15.7. The summed E-state index contributed by atoms with van der Waals surface area (Å²) in [6.45, 7) is 6.13. The van der Waals surface area contributed by atoms with E-state index in [9.17, 15) is 4.39 Å². The maximum Gasteiger partial charge on any atom is 0.178 e. The minimum Gasteiger partial charge on any atom is -0.331 e. The molecular formula is C11H13FN2S. The van der Waals surface area contributed by atoms with E-state index in [1.54, 1.807) is 6.07 Å². The molecule has 1 aromatic carbocycles. The van der Waals surface area contributed by atoms with Crippen LogP contribution in [0.1, 0.15) is 20.8 Å². The number of fused-ring (bicyclic) bond motifs is 1. The van der Waals surface area contributed by atoms with Crippen molar-refractivity contribution in [2.75, 3.05) is 0 Å². The van der Waals surface area contributed by atoms with Crippen LogP contribution >= 0.6 is 12.2 Å². The van der Waals surface area contributed by atoms with Gasteiger partial charge in [-0.2, -0.15) is 0 Å². The Morgan fingerprint density at radius 3 is 2.60 bits per heavy atom. The Morgan fingerprint density at radius 2 is 2.00 bits per heavy atom. The van der Waals surface area contributed by atoms with Crippen LogP contribution in [0.25, 0.3) is 11.0 Å². The molecule has 0 aliphatic carbocycles. The average molecular weight is 224 g/mol. The second-order valence-corrected chi connectivity index (χ2v) is 4.98. The third-order valence-electron chi connectivity index (χ3n) is 2.32. The number of halogens is 1. The molecular weight excluding hydrogens is 211 g/mol. The predicted octanol–water partition coefficient (Wildman–Crippen LogP) is 3.59. The van der Waals surface area contributed by atoms with E-state index in [4.69, 9.17) is 12.2 Å². The van der Waals surface area contributed by atoms with E-state index in [0.717, 1.165) is 11.0 Å². The number of nitrogens with zero attached hydrogens (tertiary/aromatic N) is 1. The topological polar surface area (TPSA) is 20.7 Å². The predicted molar refractivity (Wildman–Crippen MR) is 62.1 cm³/mol. The Balaban J connectivity index is 2.89. The number of H-pyrrole nitrogens is 1. The van der Waals surface area contributed by atoms with Crippen LogP contribution in [0.15, 0.2) is 18.2 Å². The number of hydrogen-bond donors (Lipinski definition) is 1. The molecule has 4 heteroatoms. The first-order valence-electron chi connectivity index (χ1n) is 4.80. The summed E-state index contributed by atoms with van der Waals surface area (Å²) in [5.41, 5.74) is 1.53. The van der Waals surface area contributed by atoms with Crippen molar-refractivity contribution in [3.8, 4) is 0 Å². The fraction of sp³-hybridized carbons (Fsp3) is 0.364. The molecule has 0 atom stereocenters. The Hall–Kier alpha value is -1.16. The number of aromatic amines is 1. The number of imidazole rings is 1. The quantitative estimate of drug-likeness (QED) is 0.678. The highest BCUT2D eigenvalue weighted by atomic mass is 32.1. The zero-order valence-corrected chi connectivity index (χ0v) is 9.78. The Morgan fingerprint density at radius 1 is 1.33 bits per heavy atom. The van der Waals surface area contributed by atoms with E-state index in [0.29, 0.717) is 4.77 Å². The lowest BCUT2D eigenvalue weighted by Gasteiger charge is -2.21. The van der Waals surface area contributed by atoms with Gasteiger partial charge in [-0.3, -0.25) is 0 Å². The van der Waals surface area contributed by atoms with Gasteiger partial charge >= 0.3 is 0 Å². The highest BCUT2D eigenvalue weighted by Crippen LogP contribution is 2.23. The third-order valence-corrected chi connectivity index (χ3v) is 2.60. The van der Waals surface area contributed by atoms with Gasteiger partial charge in [0.2, 0.25) is 0 Å². The Labute approximate surface area is 92.7 Å². The van der Waals surface area contributed by atoms with E-state index < -0.39 is 0 Å². The monoisotopic (exact) mass is 224 g/mol.